The summed E-state index contributed by atoms with van der Waals surface area (Å²) in [6, 6.07) is 9.95. The lowest BCUT2D eigenvalue weighted by Gasteiger charge is -2.07. The molecule has 76 valence electrons. The highest BCUT2D eigenvalue weighted by molar-refractivity contribution is 5.88. The van der Waals surface area contributed by atoms with E-state index in [-0.39, 0.29) is 0 Å². The maximum Gasteiger partial charge on any atom is 0.119 e. The number of fused-ring (bicyclic) bond motifs is 1. The number of benzene rings is 2. The number of hydrogen-bond donors (Lipinski definition) is 1. The van der Waals surface area contributed by atoms with Crippen molar-refractivity contribution in [2.75, 3.05) is 0 Å². The second-order valence-corrected chi connectivity index (χ2v) is 3.78. The molecule has 0 spiro atoms. The molecule has 1 N–H and O–H groups in total. The van der Waals surface area contributed by atoms with Crippen molar-refractivity contribution in [3.05, 3.63) is 54.1 Å². The molecule has 2 rings (SSSR count). The van der Waals surface area contributed by atoms with Crippen molar-refractivity contribution in [1.29, 1.82) is 0 Å². The number of aromatic hydroxyl groups is 1. The number of rotatable bonds is 2. The van der Waals surface area contributed by atoms with E-state index >= 15 is 0 Å². The number of hydrogen-bond acceptors (Lipinski definition) is 1. The van der Waals surface area contributed by atoms with Crippen LogP contribution in [0, 0.1) is 6.92 Å². The van der Waals surface area contributed by atoms with Gasteiger partial charge in [-0.2, -0.15) is 0 Å². The van der Waals surface area contributed by atoms with Crippen LogP contribution in [0.1, 0.15) is 11.1 Å². The van der Waals surface area contributed by atoms with E-state index in [1.807, 2.05) is 12.1 Å². The molecule has 1 nitrogen and oxygen atoms in total. The van der Waals surface area contributed by atoms with E-state index in [4.69, 9.17) is 0 Å². The smallest absolute Gasteiger partial charge is 0.119 e. The van der Waals surface area contributed by atoms with Crippen molar-refractivity contribution in [1.82, 2.24) is 0 Å². The predicted octanol–water partition coefficient (Wildman–Crippen LogP) is 3.58. The molecule has 0 bridgehead atoms. The molecule has 0 saturated heterocycles. The highest BCUT2D eigenvalue weighted by Crippen LogP contribution is 2.28. The van der Waals surface area contributed by atoms with Gasteiger partial charge < -0.3 is 5.11 Å². The molecule has 2 aromatic rings. The van der Waals surface area contributed by atoms with Gasteiger partial charge in [-0.05, 0) is 30.2 Å². The van der Waals surface area contributed by atoms with E-state index in [0.29, 0.717) is 12.2 Å². The summed E-state index contributed by atoms with van der Waals surface area (Å²) in [4.78, 5) is 0. The third kappa shape index (κ3) is 1.73. The van der Waals surface area contributed by atoms with Crippen LogP contribution in [0.25, 0.3) is 10.8 Å². The minimum atomic E-state index is 0.353. The molecule has 0 aromatic heterocycles. The molecule has 0 amide bonds. The maximum atomic E-state index is 9.76. The summed E-state index contributed by atoms with van der Waals surface area (Å²) in [6.45, 7) is 5.78. The minimum Gasteiger partial charge on any atom is -0.508 e. The first-order valence-corrected chi connectivity index (χ1v) is 5.04. The van der Waals surface area contributed by atoms with Crippen molar-refractivity contribution in [3.63, 3.8) is 0 Å². The van der Waals surface area contributed by atoms with Crippen molar-refractivity contribution in [2.45, 2.75) is 13.3 Å². The Morgan fingerprint density at radius 3 is 2.80 bits per heavy atom. The fraction of sp³-hybridized carbons (Fsp3) is 0.143. The highest BCUT2D eigenvalue weighted by atomic mass is 16.3. The Bertz CT molecular complexity index is 512. The molecule has 0 radical (unpaired) electrons. The van der Waals surface area contributed by atoms with Gasteiger partial charge in [0.15, 0.2) is 0 Å². The molecule has 2 aromatic carbocycles. The van der Waals surface area contributed by atoms with Crippen molar-refractivity contribution >= 4 is 10.8 Å². The lowest BCUT2D eigenvalue weighted by Crippen LogP contribution is -1.86. The van der Waals surface area contributed by atoms with E-state index in [2.05, 4.69) is 31.7 Å². The molecular formula is C14H14O. The highest BCUT2D eigenvalue weighted by Gasteiger charge is 2.04. The third-order valence-corrected chi connectivity index (χ3v) is 2.61. The zero-order valence-corrected chi connectivity index (χ0v) is 8.83. The fourth-order valence-corrected chi connectivity index (χ4v) is 1.86. The second kappa shape index (κ2) is 3.77. The van der Waals surface area contributed by atoms with Crippen molar-refractivity contribution in [3.8, 4) is 5.75 Å². The van der Waals surface area contributed by atoms with Crippen LogP contribution in [-0.4, -0.2) is 5.11 Å². The summed E-state index contributed by atoms with van der Waals surface area (Å²) >= 11 is 0. The molecule has 0 atom stereocenters. The molecule has 0 aliphatic carbocycles. The van der Waals surface area contributed by atoms with Crippen LogP contribution in [0.5, 0.6) is 5.75 Å². The Labute approximate surface area is 89.7 Å². The molecule has 0 unspecified atom stereocenters. The molecule has 0 aliphatic rings. The largest absolute Gasteiger partial charge is 0.508 e. The Hall–Kier alpha value is -1.76. The van der Waals surface area contributed by atoms with Crippen LogP contribution in [-0.2, 0) is 6.42 Å². The topological polar surface area (TPSA) is 20.2 Å². The number of phenols is 1. The monoisotopic (exact) mass is 198 g/mol. The SMILES string of the molecule is C=CCc1c(O)ccc2cc(C)ccc12. The molecule has 0 aliphatic heterocycles. The van der Waals surface area contributed by atoms with Gasteiger partial charge in [0.1, 0.15) is 5.75 Å². The normalized spacial score (nSPS) is 10.5. The minimum absolute atomic E-state index is 0.353. The standard InChI is InChI=1S/C14H14O/c1-3-4-13-12-7-5-10(2)9-11(12)6-8-14(13)15/h3,5-9,15H,1,4H2,2H3. The molecule has 0 fully saturated rings. The summed E-state index contributed by atoms with van der Waals surface area (Å²) < 4.78 is 0. The van der Waals surface area contributed by atoms with E-state index in [0.717, 1.165) is 10.9 Å². The zero-order valence-electron chi connectivity index (χ0n) is 8.83. The number of aryl methyl sites for hydroxylation is 1. The van der Waals surface area contributed by atoms with E-state index in [9.17, 15) is 5.11 Å². The number of phenolic OH excluding ortho intramolecular Hbond substituents is 1. The first-order chi connectivity index (χ1) is 7.22. The quantitative estimate of drug-likeness (QED) is 0.731. The Kier molecular flexibility index (Phi) is 2.46. The summed E-state index contributed by atoms with van der Waals surface area (Å²) in [5.41, 5.74) is 2.19. The summed E-state index contributed by atoms with van der Waals surface area (Å²) in [6.07, 6.45) is 2.51. The van der Waals surface area contributed by atoms with Crippen molar-refractivity contribution in [2.24, 2.45) is 0 Å². The van der Waals surface area contributed by atoms with Gasteiger partial charge in [-0.3, -0.25) is 0 Å². The molecule has 1 heteroatoms. The zero-order chi connectivity index (χ0) is 10.8. The van der Waals surface area contributed by atoms with Gasteiger partial charge >= 0.3 is 0 Å². The predicted molar refractivity (Wildman–Crippen MR) is 64.3 cm³/mol. The van der Waals surface area contributed by atoms with Crippen LogP contribution in [0.2, 0.25) is 0 Å². The maximum absolute atomic E-state index is 9.76. The average molecular weight is 198 g/mol. The Morgan fingerprint density at radius 1 is 1.27 bits per heavy atom. The summed E-state index contributed by atoms with van der Waals surface area (Å²) in [5, 5.41) is 12.0. The lowest BCUT2D eigenvalue weighted by molar-refractivity contribution is 0.471. The summed E-state index contributed by atoms with van der Waals surface area (Å²) in [5.74, 6) is 0.353. The molecular weight excluding hydrogens is 184 g/mol. The molecule has 0 heterocycles. The van der Waals surface area contributed by atoms with Crippen LogP contribution in [0.4, 0.5) is 0 Å². The lowest BCUT2D eigenvalue weighted by atomic mass is 9.99. The Morgan fingerprint density at radius 2 is 2.07 bits per heavy atom. The van der Waals surface area contributed by atoms with Crippen LogP contribution >= 0.6 is 0 Å². The van der Waals surface area contributed by atoms with E-state index in [1.54, 1.807) is 6.07 Å². The first-order valence-electron chi connectivity index (χ1n) is 5.04. The average Bonchev–Trinajstić information content (AvgIpc) is 2.22. The Balaban J connectivity index is 2.75. The second-order valence-electron chi connectivity index (χ2n) is 3.78. The van der Waals surface area contributed by atoms with E-state index in [1.165, 1.54) is 10.9 Å². The third-order valence-electron chi connectivity index (χ3n) is 2.61. The van der Waals surface area contributed by atoms with E-state index < -0.39 is 0 Å². The van der Waals surface area contributed by atoms with Crippen LogP contribution in [0.15, 0.2) is 43.0 Å². The fourth-order valence-electron chi connectivity index (χ4n) is 1.86. The number of allylic oxidation sites excluding steroid dienone is 1. The van der Waals surface area contributed by atoms with Gasteiger partial charge in [0.2, 0.25) is 0 Å². The van der Waals surface area contributed by atoms with Gasteiger partial charge in [-0.25, -0.2) is 0 Å². The van der Waals surface area contributed by atoms with Gasteiger partial charge in [0.05, 0.1) is 0 Å². The summed E-state index contributed by atoms with van der Waals surface area (Å²) in [7, 11) is 0. The van der Waals surface area contributed by atoms with Gasteiger partial charge in [0.25, 0.3) is 0 Å². The van der Waals surface area contributed by atoms with Crippen LogP contribution in [0.3, 0.4) is 0 Å². The van der Waals surface area contributed by atoms with Crippen molar-refractivity contribution < 1.29 is 5.11 Å². The first kappa shape index (κ1) is 9.78. The van der Waals surface area contributed by atoms with Crippen LogP contribution < -0.4 is 0 Å². The van der Waals surface area contributed by atoms with Gasteiger partial charge in [0, 0.05) is 5.56 Å². The van der Waals surface area contributed by atoms with Gasteiger partial charge in [-0.15, -0.1) is 6.58 Å². The molecule has 15 heavy (non-hydrogen) atoms. The van der Waals surface area contributed by atoms with Gasteiger partial charge in [-0.1, -0.05) is 35.9 Å². The molecule has 0 saturated carbocycles.